The number of nitrogens with two attached hydrogens (primary N) is 1. The summed E-state index contributed by atoms with van der Waals surface area (Å²) < 4.78 is 45.7. The van der Waals surface area contributed by atoms with E-state index in [-0.39, 0.29) is 12.0 Å². The van der Waals surface area contributed by atoms with E-state index in [0.717, 1.165) is 12.8 Å². The third-order valence-electron chi connectivity index (χ3n) is 5.32. The Balaban J connectivity index is 1.87. The molecule has 1 aromatic rings. The second-order valence-corrected chi connectivity index (χ2v) is 6.83. The lowest BCUT2D eigenvalue weighted by Gasteiger charge is -2.65. The van der Waals surface area contributed by atoms with Crippen LogP contribution in [0.25, 0.3) is 0 Å². The number of rotatable bonds is 2. The maximum atomic E-state index is 13.7. The molecule has 1 saturated carbocycles. The Morgan fingerprint density at radius 2 is 1.91 bits per heavy atom. The molecule has 3 atom stereocenters. The Bertz CT molecular complexity index is 665. The molecule has 3 N–H and O–H groups in total. The van der Waals surface area contributed by atoms with Crippen LogP contribution in [0.4, 0.5) is 18.9 Å². The molecule has 1 aliphatic carbocycles. The molecule has 7 heteroatoms. The van der Waals surface area contributed by atoms with Crippen LogP contribution < -0.4 is 11.1 Å². The SMILES string of the molecule is CC1(C)C2OCCCC2C1(N)C(=O)Nc1cc(F)c(F)cc1F. The average molecular weight is 328 g/mol. The number of carbonyl (C=O) groups is 1. The van der Waals surface area contributed by atoms with Crippen molar-refractivity contribution in [2.75, 3.05) is 11.9 Å². The smallest absolute Gasteiger partial charge is 0.245 e. The first-order valence-corrected chi connectivity index (χ1v) is 7.56. The third kappa shape index (κ3) is 2.17. The minimum Gasteiger partial charge on any atom is -0.377 e. The van der Waals surface area contributed by atoms with Gasteiger partial charge in [-0.1, -0.05) is 13.8 Å². The minimum absolute atomic E-state index is 0.137. The number of nitrogens with one attached hydrogen (secondary N) is 1. The van der Waals surface area contributed by atoms with Crippen molar-refractivity contribution in [1.82, 2.24) is 0 Å². The Morgan fingerprint density at radius 1 is 1.26 bits per heavy atom. The molecular formula is C16H19F3N2O2. The van der Waals surface area contributed by atoms with E-state index in [1.54, 1.807) is 0 Å². The first-order valence-electron chi connectivity index (χ1n) is 7.56. The zero-order valence-corrected chi connectivity index (χ0v) is 13.0. The Kier molecular flexibility index (Phi) is 3.68. The Morgan fingerprint density at radius 3 is 2.61 bits per heavy atom. The number of anilines is 1. The van der Waals surface area contributed by atoms with Crippen molar-refractivity contribution in [2.24, 2.45) is 17.1 Å². The summed E-state index contributed by atoms with van der Waals surface area (Å²) in [5.74, 6) is -4.39. The van der Waals surface area contributed by atoms with Gasteiger partial charge in [-0.3, -0.25) is 4.79 Å². The molecule has 0 spiro atoms. The van der Waals surface area contributed by atoms with E-state index in [1.165, 1.54) is 0 Å². The summed E-state index contributed by atoms with van der Waals surface area (Å²) in [7, 11) is 0. The molecule has 0 radical (unpaired) electrons. The van der Waals surface area contributed by atoms with Crippen molar-refractivity contribution in [3.05, 3.63) is 29.6 Å². The molecule has 2 aliphatic rings. The van der Waals surface area contributed by atoms with Crippen LogP contribution in [-0.2, 0) is 9.53 Å². The maximum absolute atomic E-state index is 13.7. The predicted molar refractivity (Wildman–Crippen MR) is 78.1 cm³/mol. The lowest BCUT2D eigenvalue weighted by atomic mass is 9.46. The monoisotopic (exact) mass is 328 g/mol. The number of carbonyl (C=O) groups excluding carboxylic acids is 1. The largest absolute Gasteiger partial charge is 0.377 e. The van der Waals surface area contributed by atoms with E-state index in [9.17, 15) is 18.0 Å². The fraction of sp³-hybridized carbons (Fsp3) is 0.562. The van der Waals surface area contributed by atoms with Gasteiger partial charge in [-0.05, 0) is 12.8 Å². The molecule has 1 saturated heterocycles. The first kappa shape index (κ1) is 16.3. The summed E-state index contributed by atoms with van der Waals surface area (Å²) in [6.07, 6.45) is 1.39. The van der Waals surface area contributed by atoms with Gasteiger partial charge in [0.25, 0.3) is 0 Å². The van der Waals surface area contributed by atoms with Crippen LogP contribution in [0.15, 0.2) is 12.1 Å². The Labute approximate surface area is 132 Å². The number of hydrogen-bond acceptors (Lipinski definition) is 3. The fourth-order valence-electron chi connectivity index (χ4n) is 3.88. The van der Waals surface area contributed by atoms with Gasteiger partial charge in [0.1, 0.15) is 11.4 Å². The lowest BCUT2D eigenvalue weighted by molar-refractivity contribution is -0.222. The fourth-order valence-corrected chi connectivity index (χ4v) is 3.88. The highest BCUT2D eigenvalue weighted by atomic mass is 19.2. The molecule has 23 heavy (non-hydrogen) atoms. The highest BCUT2D eigenvalue weighted by molar-refractivity contribution is 6.00. The van der Waals surface area contributed by atoms with E-state index in [0.29, 0.717) is 18.7 Å². The standard InChI is InChI=1S/C16H19F3N2O2/c1-15(2)13-8(4-3-5-23-13)16(15,20)14(22)21-12-7-10(18)9(17)6-11(12)19/h6-8,13H,3-5,20H2,1-2H3,(H,21,22). The van der Waals surface area contributed by atoms with Gasteiger partial charge in [0.05, 0.1) is 11.8 Å². The summed E-state index contributed by atoms with van der Waals surface area (Å²) in [4.78, 5) is 12.7. The van der Waals surface area contributed by atoms with Crippen LogP contribution in [0.1, 0.15) is 26.7 Å². The van der Waals surface area contributed by atoms with Crippen LogP contribution in [-0.4, -0.2) is 24.2 Å². The van der Waals surface area contributed by atoms with Gasteiger partial charge in [-0.2, -0.15) is 0 Å². The van der Waals surface area contributed by atoms with Gasteiger partial charge in [0.2, 0.25) is 5.91 Å². The minimum atomic E-state index is -1.31. The van der Waals surface area contributed by atoms with Crippen LogP contribution >= 0.6 is 0 Å². The quantitative estimate of drug-likeness (QED) is 0.820. The third-order valence-corrected chi connectivity index (χ3v) is 5.32. The maximum Gasteiger partial charge on any atom is 0.245 e. The number of ether oxygens (including phenoxy) is 1. The highest BCUT2D eigenvalue weighted by Gasteiger charge is 2.70. The van der Waals surface area contributed by atoms with Crippen LogP contribution in [0.3, 0.4) is 0 Å². The normalized spacial score (nSPS) is 31.9. The average Bonchev–Trinajstić information content (AvgIpc) is 2.51. The molecule has 3 unspecified atom stereocenters. The zero-order valence-electron chi connectivity index (χ0n) is 13.0. The number of fused-ring (bicyclic) bond motifs is 1. The lowest BCUT2D eigenvalue weighted by Crippen LogP contribution is -2.81. The van der Waals surface area contributed by atoms with Crippen LogP contribution in [0, 0.1) is 28.8 Å². The van der Waals surface area contributed by atoms with E-state index in [2.05, 4.69) is 5.32 Å². The molecular weight excluding hydrogens is 309 g/mol. The van der Waals surface area contributed by atoms with Crippen LogP contribution in [0.5, 0.6) is 0 Å². The molecule has 0 bridgehead atoms. The van der Waals surface area contributed by atoms with Crippen molar-refractivity contribution < 1.29 is 22.7 Å². The van der Waals surface area contributed by atoms with Gasteiger partial charge in [0, 0.05) is 30.1 Å². The second-order valence-electron chi connectivity index (χ2n) is 6.83. The molecule has 1 aromatic carbocycles. The van der Waals surface area contributed by atoms with Crippen molar-refractivity contribution in [3.63, 3.8) is 0 Å². The molecule has 3 rings (SSSR count). The number of hydrogen-bond donors (Lipinski definition) is 2. The van der Waals surface area contributed by atoms with Crippen molar-refractivity contribution >= 4 is 11.6 Å². The van der Waals surface area contributed by atoms with Gasteiger partial charge >= 0.3 is 0 Å². The van der Waals surface area contributed by atoms with Gasteiger partial charge in [0.15, 0.2) is 11.6 Å². The van der Waals surface area contributed by atoms with Gasteiger partial charge in [-0.25, -0.2) is 13.2 Å². The van der Waals surface area contributed by atoms with Gasteiger partial charge in [-0.15, -0.1) is 0 Å². The summed E-state index contributed by atoms with van der Waals surface area (Å²) in [6, 6.07) is 1.01. The zero-order chi connectivity index (χ0) is 17.0. The summed E-state index contributed by atoms with van der Waals surface area (Å²) in [6.45, 7) is 4.27. The molecule has 126 valence electrons. The molecule has 2 fully saturated rings. The van der Waals surface area contributed by atoms with E-state index in [4.69, 9.17) is 10.5 Å². The molecule has 0 aromatic heterocycles. The van der Waals surface area contributed by atoms with Crippen molar-refractivity contribution in [3.8, 4) is 0 Å². The van der Waals surface area contributed by atoms with Crippen molar-refractivity contribution in [2.45, 2.75) is 38.3 Å². The topological polar surface area (TPSA) is 64.3 Å². The van der Waals surface area contributed by atoms with E-state index >= 15 is 0 Å². The van der Waals surface area contributed by atoms with Crippen LogP contribution in [0.2, 0.25) is 0 Å². The van der Waals surface area contributed by atoms with Crippen molar-refractivity contribution in [1.29, 1.82) is 0 Å². The molecule has 1 heterocycles. The molecule has 1 aliphatic heterocycles. The number of benzene rings is 1. The van der Waals surface area contributed by atoms with Gasteiger partial charge < -0.3 is 15.8 Å². The van der Waals surface area contributed by atoms with E-state index in [1.807, 2.05) is 13.8 Å². The summed E-state index contributed by atoms with van der Waals surface area (Å²) in [5.41, 5.74) is 4.04. The molecule has 4 nitrogen and oxygen atoms in total. The summed E-state index contributed by atoms with van der Waals surface area (Å²) >= 11 is 0. The first-order chi connectivity index (χ1) is 10.7. The van der Waals surface area contributed by atoms with E-state index < -0.39 is 40.0 Å². The number of halogens is 3. The summed E-state index contributed by atoms with van der Waals surface area (Å²) in [5, 5.41) is 2.31. The Hall–Kier alpha value is -1.60. The number of amides is 1. The molecule has 1 amide bonds. The second kappa shape index (κ2) is 5.21. The predicted octanol–water partition coefficient (Wildman–Crippen LogP) is 2.57. The highest BCUT2D eigenvalue weighted by Crippen LogP contribution is 2.57.